The fourth-order valence-corrected chi connectivity index (χ4v) is 2.42. The Morgan fingerprint density at radius 3 is 2.89 bits per heavy atom. The van der Waals surface area contributed by atoms with Crippen LogP contribution < -0.4 is 4.90 Å². The van der Waals surface area contributed by atoms with Gasteiger partial charge in [0.15, 0.2) is 0 Å². The van der Waals surface area contributed by atoms with Gasteiger partial charge in [-0.2, -0.15) is 0 Å². The van der Waals surface area contributed by atoms with E-state index in [9.17, 15) is 9.59 Å². The maximum Gasteiger partial charge on any atom is 0.311 e. The van der Waals surface area contributed by atoms with Crippen LogP contribution >= 0.6 is 15.9 Å². The fraction of sp³-hybridized carbons (Fsp3) is 0.429. The van der Waals surface area contributed by atoms with Crippen LogP contribution in [0.4, 0.5) is 5.69 Å². The Morgan fingerprint density at radius 2 is 2.26 bits per heavy atom. The van der Waals surface area contributed by atoms with Gasteiger partial charge in [-0.05, 0) is 37.6 Å². The number of halogens is 1. The van der Waals surface area contributed by atoms with Crippen molar-refractivity contribution >= 4 is 33.5 Å². The summed E-state index contributed by atoms with van der Waals surface area (Å²) in [6.07, 6.45) is 0.230. The van der Waals surface area contributed by atoms with E-state index in [1.807, 2.05) is 25.1 Å². The molecule has 1 aliphatic heterocycles. The second kappa shape index (κ2) is 5.74. The van der Waals surface area contributed by atoms with Crippen molar-refractivity contribution < 1.29 is 14.3 Å². The quantitative estimate of drug-likeness (QED) is 0.803. The average Bonchev–Trinajstić information content (AvgIpc) is 2.75. The summed E-state index contributed by atoms with van der Waals surface area (Å²) in [5, 5.41) is 0. The number of rotatable bonds is 3. The predicted octanol–water partition coefficient (Wildman–Crippen LogP) is 2.67. The Kier molecular flexibility index (Phi) is 4.24. The van der Waals surface area contributed by atoms with E-state index in [0.29, 0.717) is 13.2 Å². The van der Waals surface area contributed by atoms with Crippen LogP contribution in [-0.4, -0.2) is 25.0 Å². The van der Waals surface area contributed by atoms with E-state index in [1.165, 1.54) is 0 Å². The number of ether oxygens (including phenoxy) is 1. The molecular formula is C14H16BrNO3. The molecule has 2 rings (SSSR count). The maximum atomic E-state index is 12.0. The summed E-state index contributed by atoms with van der Waals surface area (Å²) in [6.45, 7) is 4.49. The van der Waals surface area contributed by atoms with Crippen molar-refractivity contribution in [3.05, 3.63) is 28.2 Å². The monoisotopic (exact) mass is 325 g/mol. The topological polar surface area (TPSA) is 46.6 Å². The van der Waals surface area contributed by atoms with Gasteiger partial charge in [0.2, 0.25) is 5.91 Å². The molecule has 1 aliphatic rings. The highest BCUT2D eigenvalue weighted by Crippen LogP contribution is 2.28. The van der Waals surface area contributed by atoms with Crippen molar-refractivity contribution in [1.82, 2.24) is 0 Å². The van der Waals surface area contributed by atoms with Crippen LogP contribution in [-0.2, 0) is 14.3 Å². The van der Waals surface area contributed by atoms with E-state index in [1.54, 1.807) is 11.8 Å². The van der Waals surface area contributed by atoms with E-state index >= 15 is 0 Å². The third kappa shape index (κ3) is 2.97. The molecule has 0 unspecified atom stereocenters. The molecule has 1 saturated heterocycles. The van der Waals surface area contributed by atoms with Crippen LogP contribution in [0.1, 0.15) is 18.9 Å². The molecule has 0 N–H and O–H groups in total. The number of nitrogens with zero attached hydrogens (tertiary/aromatic N) is 1. The molecule has 0 aliphatic carbocycles. The number of hydrogen-bond donors (Lipinski definition) is 0. The zero-order valence-electron chi connectivity index (χ0n) is 11.0. The summed E-state index contributed by atoms with van der Waals surface area (Å²) in [7, 11) is 0. The lowest BCUT2D eigenvalue weighted by Crippen LogP contribution is -2.26. The second-order valence-corrected chi connectivity index (χ2v) is 5.45. The number of hydrogen-bond acceptors (Lipinski definition) is 3. The van der Waals surface area contributed by atoms with Gasteiger partial charge in [-0.25, -0.2) is 0 Å². The van der Waals surface area contributed by atoms with Gasteiger partial charge in [-0.3, -0.25) is 9.59 Å². The highest BCUT2D eigenvalue weighted by molar-refractivity contribution is 9.10. The van der Waals surface area contributed by atoms with Gasteiger partial charge in [0.25, 0.3) is 0 Å². The largest absolute Gasteiger partial charge is 0.466 e. The average molecular weight is 326 g/mol. The third-order valence-corrected chi connectivity index (χ3v) is 4.09. The highest BCUT2D eigenvalue weighted by Gasteiger charge is 2.36. The number of anilines is 1. The molecule has 0 aromatic heterocycles. The van der Waals surface area contributed by atoms with Gasteiger partial charge in [0.1, 0.15) is 0 Å². The molecule has 0 saturated carbocycles. The number of carbonyl (C=O) groups excluding carboxylic acids is 2. The molecule has 0 spiro atoms. The second-order valence-electron chi connectivity index (χ2n) is 4.59. The van der Waals surface area contributed by atoms with Crippen LogP contribution in [0, 0.1) is 12.8 Å². The minimum Gasteiger partial charge on any atom is -0.466 e. The van der Waals surface area contributed by atoms with Crippen molar-refractivity contribution in [3.8, 4) is 0 Å². The molecule has 1 aromatic carbocycles. The normalized spacial score (nSPS) is 18.8. The lowest BCUT2D eigenvalue weighted by atomic mass is 10.1. The van der Waals surface area contributed by atoms with Crippen molar-refractivity contribution in [2.45, 2.75) is 20.3 Å². The van der Waals surface area contributed by atoms with Crippen molar-refractivity contribution in [2.75, 3.05) is 18.1 Å². The Hall–Kier alpha value is -1.36. The van der Waals surface area contributed by atoms with E-state index in [4.69, 9.17) is 4.74 Å². The summed E-state index contributed by atoms with van der Waals surface area (Å²) in [6, 6.07) is 5.73. The van der Waals surface area contributed by atoms with Crippen LogP contribution in [0.5, 0.6) is 0 Å². The number of benzene rings is 1. The van der Waals surface area contributed by atoms with E-state index < -0.39 is 0 Å². The molecule has 4 nitrogen and oxygen atoms in total. The van der Waals surface area contributed by atoms with E-state index in [-0.39, 0.29) is 24.2 Å². The van der Waals surface area contributed by atoms with Crippen LogP contribution in [0.2, 0.25) is 0 Å². The van der Waals surface area contributed by atoms with Crippen LogP contribution in [0.15, 0.2) is 22.7 Å². The molecule has 1 aromatic rings. The Bertz CT molecular complexity index is 515. The molecule has 1 fully saturated rings. The highest BCUT2D eigenvalue weighted by atomic mass is 79.9. The van der Waals surface area contributed by atoms with Gasteiger partial charge in [0.05, 0.1) is 12.5 Å². The maximum absolute atomic E-state index is 12.0. The van der Waals surface area contributed by atoms with Gasteiger partial charge in [-0.1, -0.05) is 15.9 Å². The standard InChI is InChI=1S/C14H16BrNO3/c1-3-19-14(18)10-7-13(17)16(8-10)11-4-5-12(15)9(2)6-11/h4-6,10H,3,7-8H2,1-2H3/t10-/m0/s1. The first-order valence-electron chi connectivity index (χ1n) is 6.26. The summed E-state index contributed by atoms with van der Waals surface area (Å²) >= 11 is 3.43. The van der Waals surface area contributed by atoms with Crippen molar-refractivity contribution in [3.63, 3.8) is 0 Å². The molecule has 5 heteroatoms. The smallest absolute Gasteiger partial charge is 0.311 e. The molecule has 1 amide bonds. The SMILES string of the molecule is CCOC(=O)[C@H]1CC(=O)N(c2ccc(Br)c(C)c2)C1. The predicted molar refractivity (Wildman–Crippen MR) is 76.0 cm³/mol. The molecule has 102 valence electrons. The summed E-state index contributed by atoms with van der Waals surface area (Å²) in [4.78, 5) is 25.3. The van der Waals surface area contributed by atoms with Gasteiger partial charge >= 0.3 is 5.97 Å². The molecular weight excluding hydrogens is 310 g/mol. The van der Waals surface area contributed by atoms with Gasteiger partial charge in [0, 0.05) is 23.1 Å². The minimum atomic E-state index is -0.351. The minimum absolute atomic E-state index is 0.0280. The summed E-state index contributed by atoms with van der Waals surface area (Å²) in [5.41, 5.74) is 1.89. The fourth-order valence-electron chi connectivity index (χ4n) is 2.17. The lowest BCUT2D eigenvalue weighted by molar-refractivity contribution is -0.147. The molecule has 1 atom stereocenters. The van der Waals surface area contributed by atoms with Crippen molar-refractivity contribution in [2.24, 2.45) is 5.92 Å². The number of carbonyl (C=O) groups is 2. The first-order valence-corrected chi connectivity index (χ1v) is 7.05. The Morgan fingerprint density at radius 1 is 1.53 bits per heavy atom. The third-order valence-electron chi connectivity index (χ3n) is 3.20. The molecule has 0 bridgehead atoms. The van der Waals surface area contributed by atoms with Crippen LogP contribution in [0.3, 0.4) is 0 Å². The number of aryl methyl sites for hydroxylation is 1. The van der Waals surface area contributed by atoms with Gasteiger partial charge in [-0.15, -0.1) is 0 Å². The van der Waals surface area contributed by atoms with Crippen LogP contribution in [0.25, 0.3) is 0 Å². The first-order chi connectivity index (χ1) is 9.02. The van der Waals surface area contributed by atoms with Crippen molar-refractivity contribution in [1.29, 1.82) is 0 Å². The Labute approximate surface area is 120 Å². The summed E-state index contributed by atoms with van der Waals surface area (Å²) in [5.74, 6) is -0.664. The summed E-state index contributed by atoms with van der Waals surface area (Å²) < 4.78 is 5.98. The number of amides is 1. The first kappa shape index (κ1) is 14.1. The Balaban J connectivity index is 2.15. The lowest BCUT2D eigenvalue weighted by Gasteiger charge is -2.17. The zero-order chi connectivity index (χ0) is 14.0. The molecule has 1 heterocycles. The van der Waals surface area contributed by atoms with E-state index in [2.05, 4.69) is 15.9 Å². The van der Waals surface area contributed by atoms with E-state index in [0.717, 1.165) is 15.7 Å². The zero-order valence-corrected chi connectivity index (χ0v) is 12.6. The number of esters is 1. The molecule has 0 radical (unpaired) electrons. The molecule has 19 heavy (non-hydrogen) atoms. The van der Waals surface area contributed by atoms with Gasteiger partial charge < -0.3 is 9.64 Å².